The fraction of sp³-hybridized carbons (Fsp3) is 0.350. The fourth-order valence-electron chi connectivity index (χ4n) is 2.62. The van der Waals surface area contributed by atoms with Gasteiger partial charge in [-0.15, -0.1) is 0 Å². The van der Waals surface area contributed by atoms with E-state index in [-0.39, 0.29) is 16.8 Å². The average Bonchev–Trinajstić information content (AvgIpc) is 2.55. The minimum Gasteiger partial charge on any atom is -0.350 e. The van der Waals surface area contributed by atoms with Crippen LogP contribution in [0.4, 0.5) is 0 Å². The number of benzene rings is 2. The number of hydrogen-bond acceptors (Lipinski definition) is 3. The van der Waals surface area contributed by atoms with Crippen molar-refractivity contribution < 1.29 is 13.2 Å². The summed E-state index contributed by atoms with van der Waals surface area (Å²) in [4.78, 5) is 12.5. The van der Waals surface area contributed by atoms with E-state index in [0.717, 1.165) is 11.1 Å². The zero-order chi connectivity index (χ0) is 18.6. The molecule has 134 valence electrons. The van der Waals surface area contributed by atoms with Crippen LogP contribution in [-0.2, 0) is 21.1 Å². The molecule has 0 fully saturated rings. The number of aryl methyl sites for hydroxylation is 3. The molecule has 0 saturated heterocycles. The van der Waals surface area contributed by atoms with Crippen LogP contribution in [0.1, 0.15) is 41.6 Å². The molecule has 0 aliphatic rings. The van der Waals surface area contributed by atoms with Gasteiger partial charge in [-0.25, -0.2) is 8.42 Å². The Morgan fingerprint density at radius 3 is 2.24 bits per heavy atom. The monoisotopic (exact) mass is 359 g/mol. The Bertz CT molecular complexity index is 855. The molecule has 2 aromatic carbocycles. The van der Waals surface area contributed by atoms with Gasteiger partial charge in [0.05, 0.1) is 10.9 Å². The highest BCUT2D eigenvalue weighted by molar-refractivity contribution is 7.90. The van der Waals surface area contributed by atoms with Gasteiger partial charge in [0.2, 0.25) is 5.91 Å². The predicted molar refractivity (Wildman–Crippen MR) is 100 cm³/mol. The van der Waals surface area contributed by atoms with Gasteiger partial charge in [-0.05, 0) is 61.6 Å². The molecule has 25 heavy (non-hydrogen) atoms. The van der Waals surface area contributed by atoms with Crippen molar-refractivity contribution in [1.29, 1.82) is 0 Å². The van der Waals surface area contributed by atoms with Gasteiger partial charge in [0, 0.05) is 12.7 Å². The summed E-state index contributed by atoms with van der Waals surface area (Å²) in [5.74, 6) is -0.0158. The number of rotatable bonds is 6. The van der Waals surface area contributed by atoms with Crippen molar-refractivity contribution in [3.8, 4) is 0 Å². The standard InChI is InChI=1S/C20H25NO3S/c1-14-5-6-17(13-15(14)2)7-12-20(22)21-16(3)18-8-10-19(11-9-18)25(4,23)24/h5-6,8-11,13,16H,7,12H2,1-4H3,(H,21,22)/t16-/m0/s1. The maximum absolute atomic E-state index is 12.2. The lowest BCUT2D eigenvalue weighted by atomic mass is 10.0. The normalized spacial score (nSPS) is 12.6. The third-order valence-corrected chi connectivity index (χ3v) is 5.53. The van der Waals surface area contributed by atoms with Crippen LogP contribution in [0.25, 0.3) is 0 Å². The van der Waals surface area contributed by atoms with Gasteiger partial charge < -0.3 is 5.32 Å². The number of sulfone groups is 1. The van der Waals surface area contributed by atoms with Crippen molar-refractivity contribution in [3.63, 3.8) is 0 Å². The summed E-state index contributed by atoms with van der Waals surface area (Å²) in [6.45, 7) is 6.03. The van der Waals surface area contributed by atoms with E-state index in [1.807, 2.05) is 6.92 Å². The summed E-state index contributed by atoms with van der Waals surface area (Å²) < 4.78 is 23.0. The van der Waals surface area contributed by atoms with Crippen molar-refractivity contribution in [2.24, 2.45) is 0 Å². The van der Waals surface area contributed by atoms with E-state index in [0.29, 0.717) is 12.8 Å². The zero-order valence-corrected chi connectivity index (χ0v) is 16.0. The second-order valence-electron chi connectivity index (χ2n) is 6.55. The molecule has 4 nitrogen and oxygen atoms in total. The second-order valence-corrected chi connectivity index (χ2v) is 8.56. The topological polar surface area (TPSA) is 63.2 Å². The number of hydrogen-bond donors (Lipinski definition) is 1. The summed E-state index contributed by atoms with van der Waals surface area (Å²) in [5.41, 5.74) is 4.52. The quantitative estimate of drug-likeness (QED) is 0.858. The Balaban J connectivity index is 1.92. The molecular formula is C20H25NO3S. The zero-order valence-electron chi connectivity index (χ0n) is 15.2. The molecule has 0 spiro atoms. The van der Waals surface area contributed by atoms with Gasteiger partial charge in [0.1, 0.15) is 0 Å². The lowest BCUT2D eigenvalue weighted by molar-refractivity contribution is -0.121. The molecule has 1 amide bonds. The first-order chi connectivity index (χ1) is 11.7. The molecule has 0 aliphatic heterocycles. The SMILES string of the molecule is Cc1ccc(CCC(=O)N[C@@H](C)c2ccc(S(C)(=O)=O)cc2)cc1C. The van der Waals surface area contributed by atoms with Crippen LogP contribution in [0.2, 0.25) is 0 Å². The van der Waals surface area contributed by atoms with Gasteiger partial charge in [-0.3, -0.25) is 4.79 Å². The minimum absolute atomic E-state index is 0.0158. The molecule has 0 unspecified atom stereocenters. The summed E-state index contributed by atoms with van der Waals surface area (Å²) in [6, 6.07) is 12.7. The Morgan fingerprint density at radius 1 is 1.04 bits per heavy atom. The predicted octanol–water partition coefficient (Wildman–Crippen LogP) is 3.52. The third kappa shape index (κ3) is 5.43. The molecule has 0 saturated carbocycles. The van der Waals surface area contributed by atoms with Crippen LogP contribution in [0.15, 0.2) is 47.4 Å². The Morgan fingerprint density at radius 2 is 1.68 bits per heavy atom. The van der Waals surface area contributed by atoms with E-state index >= 15 is 0 Å². The molecule has 0 aliphatic carbocycles. The van der Waals surface area contributed by atoms with Gasteiger partial charge in [-0.1, -0.05) is 30.3 Å². The Kier molecular flexibility index (Phi) is 6.01. The number of carbonyl (C=O) groups excluding carboxylic acids is 1. The van der Waals surface area contributed by atoms with Crippen LogP contribution >= 0.6 is 0 Å². The molecule has 1 atom stereocenters. The summed E-state index contributed by atoms with van der Waals surface area (Å²) in [5, 5.41) is 2.96. The third-order valence-electron chi connectivity index (χ3n) is 4.40. The minimum atomic E-state index is -3.20. The van der Waals surface area contributed by atoms with Gasteiger partial charge >= 0.3 is 0 Å². The highest BCUT2D eigenvalue weighted by atomic mass is 32.2. The summed E-state index contributed by atoms with van der Waals surface area (Å²) in [6.07, 6.45) is 2.31. The molecule has 5 heteroatoms. The van der Waals surface area contributed by atoms with Gasteiger partial charge in [0.25, 0.3) is 0 Å². The van der Waals surface area contributed by atoms with E-state index in [4.69, 9.17) is 0 Å². The molecule has 2 rings (SSSR count). The molecule has 1 N–H and O–H groups in total. The van der Waals surface area contributed by atoms with E-state index in [1.165, 1.54) is 17.4 Å². The molecule has 2 aromatic rings. The van der Waals surface area contributed by atoms with Crippen molar-refractivity contribution in [2.75, 3.05) is 6.26 Å². The van der Waals surface area contributed by atoms with Crippen LogP contribution < -0.4 is 5.32 Å². The molecule has 0 bridgehead atoms. The van der Waals surface area contributed by atoms with Crippen LogP contribution in [0, 0.1) is 13.8 Å². The number of amides is 1. The first kappa shape index (κ1) is 19.2. The Labute approximate surface area is 150 Å². The smallest absolute Gasteiger partial charge is 0.220 e. The Hall–Kier alpha value is -2.14. The molecular weight excluding hydrogens is 334 g/mol. The van der Waals surface area contributed by atoms with Gasteiger partial charge in [0.15, 0.2) is 9.84 Å². The lowest BCUT2D eigenvalue weighted by Gasteiger charge is -2.15. The van der Waals surface area contributed by atoms with E-state index in [1.54, 1.807) is 24.3 Å². The van der Waals surface area contributed by atoms with Crippen LogP contribution in [0.3, 0.4) is 0 Å². The molecule has 0 heterocycles. The maximum atomic E-state index is 12.2. The van der Waals surface area contributed by atoms with Crippen LogP contribution in [0.5, 0.6) is 0 Å². The fourth-order valence-corrected chi connectivity index (χ4v) is 3.25. The first-order valence-corrected chi connectivity index (χ1v) is 10.2. The van der Waals surface area contributed by atoms with Crippen molar-refractivity contribution in [1.82, 2.24) is 5.32 Å². The lowest BCUT2D eigenvalue weighted by Crippen LogP contribution is -2.26. The van der Waals surface area contributed by atoms with Crippen molar-refractivity contribution in [2.45, 2.75) is 44.6 Å². The second kappa shape index (κ2) is 7.83. The summed E-state index contributed by atoms with van der Waals surface area (Å²) >= 11 is 0. The number of carbonyl (C=O) groups is 1. The number of nitrogens with one attached hydrogen (secondary N) is 1. The summed E-state index contributed by atoms with van der Waals surface area (Å²) in [7, 11) is -3.20. The van der Waals surface area contributed by atoms with Crippen molar-refractivity contribution >= 4 is 15.7 Å². The van der Waals surface area contributed by atoms with E-state index in [9.17, 15) is 13.2 Å². The van der Waals surface area contributed by atoms with Gasteiger partial charge in [-0.2, -0.15) is 0 Å². The largest absolute Gasteiger partial charge is 0.350 e. The van der Waals surface area contributed by atoms with E-state index in [2.05, 4.69) is 37.4 Å². The highest BCUT2D eigenvalue weighted by Crippen LogP contribution is 2.17. The van der Waals surface area contributed by atoms with E-state index < -0.39 is 9.84 Å². The average molecular weight is 359 g/mol. The highest BCUT2D eigenvalue weighted by Gasteiger charge is 2.12. The van der Waals surface area contributed by atoms with Crippen molar-refractivity contribution in [3.05, 3.63) is 64.7 Å². The molecule has 0 radical (unpaired) electrons. The van der Waals surface area contributed by atoms with Crippen LogP contribution in [-0.4, -0.2) is 20.6 Å². The first-order valence-electron chi connectivity index (χ1n) is 8.32. The maximum Gasteiger partial charge on any atom is 0.220 e. The molecule has 0 aromatic heterocycles.